The summed E-state index contributed by atoms with van der Waals surface area (Å²) in [5.41, 5.74) is 11.1. The van der Waals surface area contributed by atoms with E-state index in [1.807, 2.05) is 0 Å². The zero-order chi connectivity index (χ0) is 17.4. The third-order valence-electron chi connectivity index (χ3n) is 3.02. The molecule has 10 nitrogen and oxygen atoms in total. The average Bonchev–Trinajstić information content (AvgIpc) is 2.58. The maximum absolute atomic E-state index is 11.1. The first-order chi connectivity index (χ1) is 11.6. The molecule has 24 heavy (non-hydrogen) atoms. The van der Waals surface area contributed by atoms with E-state index in [9.17, 15) is 10.4 Å². The average molecular weight is 336 g/mol. The molecule has 0 aliphatic heterocycles. The molecule has 2 atom stereocenters. The summed E-state index contributed by atoms with van der Waals surface area (Å²) >= 11 is 0. The van der Waals surface area contributed by atoms with Crippen LogP contribution in [-0.2, 0) is 0 Å². The van der Waals surface area contributed by atoms with Crippen LogP contribution in [0.2, 0.25) is 0 Å². The van der Waals surface area contributed by atoms with E-state index >= 15 is 0 Å². The second kappa shape index (κ2) is 9.12. The fourth-order valence-corrected chi connectivity index (χ4v) is 1.74. The summed E-state index contributed by atoms with van der Waals surface area (Å²) < 4.78 is 0. The molecule has 0 aliphatic carbocycles. The minimum Gasteiger partial charge on any atom is -0.629 e. The predicted molar refractivity (Wildman–Crippen MR) is 86.5 cm³/mol. The summed E-state index contributed by atoms with van der Waals surface area (Å²) in [7, 11) is 3.00. The largest absolute Gasteiger partial charge is 0.629 e. The van der Waals surface area contributed by atoms with E-state index in [4.69, 9.17) is 9.68 Å². The van der Waals surface area contributed by atoms with Gasteiger partial charge in [-0.3, -0.25) is 0 Å². The van der Waals surface area contributed by atoms with Crippen LogP contribution in [-0.4, -0.2) is 14.1 Å². The molecule has 0 saturated carbocycles. The third kappa shape index (κ3) is 5.73. The van der Waals surface area contributed by atoms with Gasteiger partial charge in [0.2, 0.25) is 0 Å². The highest BCUT2D eigenvalue weighted by Crippen LogP contribution is 2.12. The maximum atomic E-state index is 11.1. The first-order valence-corrected chi connectivity index (χ1v) is 7.12. The molecular weight excluding hydrogens is 316 g/mol. The highest BCUT2D eigenvalue weighted by Gasteiger charge is 1.99. The molecule has 0 amide bonds. The first-order valence-electron chi connectivity index (χ1n) is 7.12. The van der Waals surface area contributed by atoms with Crippen molar-refractivity contribution in [3.8, 4) is 11.5 Å². The fraction of sp³-hybridized carbons (Fsp3) is 0.143. The lowest BCUT2D eigenvalue weighted by Crippen LogP contribution is -2.98. The van der Waals surface area contributed by atoms with Gasteiger partial charge >= 0.3 is 0 Å². The van der Waals surface area contributed by atoms with Crippen LogP contribution in [0.4, 0.5) is 11.4 Å². The van der Waals surface area contributed by atoms with Crippen molar-refractivity contribution in [2.75, 3.05) is 14.1 Å². The van der Waals surface area contributed by atoms with Crippen molar-refractivity contribution in [3.05, 3.63) is 58.9 Å². The Morgan fingerprint density at radius 3 is 1.29 bits per heavy atom. The van der Waals surface area contributed by atoms with Crippen LogP contribution in [0.1, 0.15) is 0 Å². The smallest absolute Gasteiger partial charge is 0.149 e. The molecule has 0 spiro atoms. The molecule has 0 aliphatic rings. The lowest BCUT2D eigenvalue weighted by molar-refractivity contribution is -0.751. The van der Waals surface area contributed by atoms with Gasteiger partial charge in [-0.25, -0.2) is 0 Å². The first kappa shape index (κ1) is 18.1. The van der Waals surface area contributed by atoms with Crippen LogP contribution in [0, 0.1) is 10.4 Å². The Balaban J connectivity index is 1.61. The van der Waals surface area contributed by atoms with Gasteiger partial charge in [0.1, 0.15) is 22.9 Å². The summed E-state index contributed by atoms with van der Waals surface area (Å²) in [6, 6.07) is 13.3. The molecule has 0 heterocycles. The van der Waals surface area contributed by atoms with E-state index < -0.39 is 0 Å². The second-order valence-corrected chi connectivity index (χ2v) is 4.82. The summed E-state index contributed by atoms with van der Waals surface area (Å²) in [6.45, 7) is 0. The van der Waals surface area contributed by atoms with Crippen LogP contribution in [0.3, 0.4) is 0 Å². The topological polar surface area (TPSA) is 122 Å². The summed E-state index contributed by atoms with van der Waals surface area (Å²) in [5, 5.41) is 22.3. The highest BCUT2D eigenvalue weighted by molar-refractivity contribution is 5.36. The molecule has 0 saturated heterocycles. The molecule has 2 aromatic carbocycles. The minimum absolute atomic E-state index is 0.00742. The molecule has 2 aromatic rings. The Hall–Kier alpha value is -2.28. The standard InChI is InChI=1S/C14H20N6O4/c1-19(21)11-3-7-13(8-4-11)23-17-15-16-18-24-14-9-5-12(6-10-14)20(2)22/h3-10,15-20H,1-2H3. The number of hydrazine groups is 3. The summed E-state index contributed by atoms with van der Waals surface area (Å²) in [4.78, 5) is 10.3. The van der Waals surface area contributed by atoms with Gasteiger partial charge in [0, 0.05) is 24.3 Å². The van der Waals surface area contributed by atoms with Gasteiger partial charge in [-0.05, 0) is 24.3 Å². The van der Waals surface area contributed by atoms with Gasteiger partial charge in [0.05, 0.1) is 14.1 Å². The van der Waals surface area contributed by atoms with Gasteiger partial charge < -0.3 is 30.2 Å². The monoisotopic (exact) mass is 336 g/mol. The van der Waals surface area contributed by atoms with Crippen LogP contribution >= 0.6 is 0 Å². The maximum Gasteiger partial charge on any atom is 0.149 e. The second-order valence-electron chi connectivity index (χ2n) is 4.82. The van der Waals surface area contributed by atoms with Gasteiger partial charge in [0.15, 0.2) is 0 Å². The number of hydrogen-bond donors (Lipinski definition) is 6. The minimum atomic E-state index is -0.00742. The van der Waals surface area contributed by atoms with Crippen molar-refractivity contribution in [1.29, 1.82) is 0 Å². The van der Waals surface area contributed by atoms with E-state index in [2.05, 4.69) is 22.2 Å². The van der Waals surface area contributed by atoms with Crippen LogP contribution in [0.25, 0.3) is 0 Å². The quantitative estimate of drug-likeness (QED) is 0.238. The molecular formula is C14H20N6O4. The Morgan fingerprint density at radius 2 is 1.00 bits per heavy atom. The van der Waals surface area contributed by atoms with Crippen molar-refractivity contribution >= 4 is 11.4 Å². The molecule has 2 unspecified atom stereocenters. The van der Waals surface area contributed by atoms with Crippen LogP contribution < -0.4 is 42.0 Å². The Morgan fingerprint density at radius 1 is 0.667 bits per heavy atom. The number of quaternary nitrogens is 2. The van der Waals surface area contributed by atoms with Crippen molar-refractivity contribution in [3.63, 3.8) is 0 Å². The summed E-state index contributed by atoms with van der Waals surface area (Å²) in [5.74, 6) is 1.05. The van der Waals surface area contributed by atoms with E-state index in [1.165, 1.54) is 14.1 Å². The lowest BCUT2D eigenvalue weighted by Gasteiger charge is -2.16. The van der Waals surface area contributed by atoms with Gasteiger partial charge in [0.25, 0.3) is 0 Å². The van der Waals surface area contributed by atoms with Gasteiger partial charge in [-0.15, -0.1) is 11.1 Å². The molecule has 0 aromatic heterocycles. The zero-order valence-electron chi connectivity index (χ0n) is 13.3. The normalized spacial score (nSPS) is 13.3. The van der Waals surface area contributed by atoms with Crippen molar-refractivity contribution in [2.45, 2.75) is 0 Å². The molecule has 6 N–H and O–H groups in total. The lowest BCUT2D eigenvalue weighted by atomic mass is 10.3. The molecule has 0 fully saturated rings. The molecule has 0 bridgehead atoms. The van der Waals surface area contributed by atoms with E-state index in [0.29, 0.717) is 22.9 Å². The summed E-state index contributed by atoms with van der Waals surface area (Å²) in [6.07, 6.45) is 0. The zero-order valence-corrected chi connectivity index (χ0v) is 13.3. The number of hydrogen-bond acceptors (Lipinski definition) is 8. The number of benzene rings is 2. The van der Waals surface area contributed by atoms with Crippen molar-refractivity contribution in [1.82, 2.24) is 22.2 Å². The van der Waals surface area contributed by atoms with E-state index in [1.54, 1.807) is 48.5 Å². The van der Waals surface area contributed by atoms with Crippen molar-refractivity contribution in [2.24, 2.45) is 0 Å². The number of rotatable bonds is 9. The molecule has 0 radical (unpaired) electrons. The van der Waals surface area contributed by atoms with Crippen molar-refractivity contribution < 1.29 is 19.8 Å². The fourth-order valence-electron chi connectivity index (χ4n) is 1.74. The predicted octanol–water partition coefficient (Wildman–Crippen LogP) is -1.63. The van der Waals surface area contributed by atoms with Gasteiger partial charge in [-0.1, -0.05) is 11.2 Å². The molecule has 10 heteroatoms. The van der Waals surface area contributed by atoms with E-state index in [0.717, 1.165) is 0 Å². The molecule has 130 valence electrons. The number of hydroxylamine groups is 2. The third-order valence-corrected chi connectivity index (χ3v) is 3.02. The van der Waals surface area contributed by atoms with E-state index in [-0.39, 0.29) is 10.1 Å². The van der Waals surface area contributed by atoms with Gasteiger partial charge in [-0.2, -0.15) is 0 Å². The highest BCUT2D eigenvalue weighted by atomic mass is 16.7. The van der Waals surface area contributed by atoms with Crippen LogP contribution in [0.5, 0.6) is 11.5 Å². The van der Waals surface area contributed by atoms with Crippen LogP contribution in [0.15, 0.2) is 48.5 Å². The SMILES string of the molecule is C[NH+]([O-])c1ccc(ONNNNOc2ccc([NH+](C)[O-])cc2)cc1. The Labute approximate surface area is 138 Å². The molecule has 2 rings (SSSR count). The Kier molecular flexibility index (Phi) is 6.87. The Bertz CT molecular complexity index is 550. The number of nitrogens with one attached hydrogen (secondary N) is 6.